The second-order valence-corrected chi connectivity index (χ2v) is 6.10. The first-order chi connectivity index (χ1) is 12.3. The van der Waals surface area contributed by atoms with Gasteiger partial charge in [-0.25, -0.2) is 9.97 Å². The lowest BCUT2D eigenvalue weighted by molar-refractivity contribution is 0.0735. The molecule has 1 aromatic carbocycles. The van der Waals surface area contributed by atoms with Crippen LogP contribution < -0.4 is 0 Å². The van der Waals surface area contributed by atoms with Crippen LogP contribution >= 0.6 is 0 Å². The van der Waals surface area contributed by atoms with Crippen molar-refractivity contribution in [3.05, 3.63) is 78.4 Å². The number of benzene rings is 1. The fourth-order valence-corrected chi connectivity index (χ4v) is 3.29. The minimum Gasteiger partial charge on any atom is -0.332 e. The van der Waals surface area contributed by atoms with E-state index in [-0.39, 0.29) is 11.9 Å². The smallest absolute Gasteiger partial charge is 0.257 e. The van der Waals surface area contributed by atoms with Gasteiger partial charge in [0.15, 0.2) is 5.82 Å². The summed E-state index contributed by atoms with van der Waals surface area (Å²) in [5.74, 6) is 0.590. The van der Waals surface area contributed by atoms with Crippen molar-refractivity contribution >= 4 is 5.91 Å². The summed E-state index contributed by atoms with van der Waals surface area (Å²) < 4.78 is 0. The SMILES string of the molecule is O=C(c1cnc(-c2ccncc2)nc1)N1CCC[C@@H]1c1ccccc1. The van der Waals surface area contributed by atoms with Crippen LogP contribution in [0.15, 0.2) is 67.3 Å². The van der Waals surface area contributed by atoms with Gasteiger partial charge in [0, 0.05) is 36.9 Å². The van der Waals surface area contributed by atoms with E-state index in [2.05, 4.69) is 27.1 Å². The van der Waals surface area contributed by atoms with Gasteiger partial charge in [-0.1, -0.05) is 30.3 Å². The number of pyridine rings is 1. The van der Waals surface area contributed by atoms with Crippen LogP contribution in [0.4, 0.5) is 0 Å². The summed E-state index contributed by atoms with van der Waals surface area (Å²) in [6.45, 7) is 0.768. The van der Waals surface area contributed by atoms with Gasteiger partial charge in [0.05, 0.1) is 11.6 Å². The molecule has 1 saturated heterocycles. The maximum absolute atomic E-state index is 12.9. The first-order valence-electron chi connectivity index (χ1n) is 8.41. The molecular formula is C20H18N4O. The van der Waals surface area contributed by atoms with E-state index in [1.54, 1.807) is 24.8 Å². The molecule has 124 valence electrons. The van der Waals surface area contributed by atoms with Gasteiger partial charge in [-0.2, -0.15) is 0 Å². The Kier molecular flexibility index (Phi) is 4.21. The van der Waals surface area contributed by atoms with Crippen molar-refractivity contribution in [2.45, 2.75) is 18.9 Å². The summed E-state index contributed by atoms with van der Waals surface area (Å²) in [5.41, 5.74) is 2.60. The van der Waals surface area contributed by atoms with Gasteiger partial charge in [-0.05, 0) is 30.5 Å². The van der Waals surface area contributed by atoms with Gasteiger partial charge in [-0.3, -0.25) is 9.78 Å². The van der Waals surface area contributed by atoms with Gasteiger partial charge >= 0.3 is 0 Å². The molecule has 0 radical (unpaired) electrons. The molecule has 0 bridgehead atoms. The molecule has 25 heavy (non-hydrogen) atoms. The number of likely N-dealkylation sites (tertiary alicyclic amines) is 1. The van der Waals surface area contributed by atoms with Crippen molar-refractivity contribution in [2.75, 3.05) is 6.54 Å². The van der Waals surface area contributed by atoms with Crippen LogP contribution in [0.5, 0.6) is 0 Å². The van der Waals surface area contributed by atoms with Gasteiger partial charge in [0.2, 0.25) is 0 Å². The van der Waals surface area contributed by atoms with E-state index < -0.39 is 0 Å². The maximum atomic E-state index is 12.9. The highest BCUT2D eigenvalue weighted by molar-refractivity contribution is 5.94. The molecule has 0 saturated carbocycles. The van der Waals surface area contributed by atoms with E-state index in [0.717, 1.165) is 24.9 Å². The molecule has 1 aliphatic heterocycles. The number of amides is 1. The summed E-state index contributed by atoms with van der Waals surface area (Å²) in [7, 11) is 0. The van der Waals surface area contributed by atoms with Crippen molar-refractivity contribution in [3.63, 3.8) is 0 Å². The molecule has 3 aromatic rings. The standard InChI is InChI=1S/C20H18N4O/c25-20(24-12-4-7-18(24)15-5-2-1-3-6-15)17-13-22-19(23-14-17)16-8-10-21-11-9-16/h1-3,5-6,8-11,13-14,18H,4,7,12H2/t18-/m1/s1. The zero-order chi connectivity index (χ0) is 17.1. The Morgan fingerprint density at radius 3 is 2.44 bits per heavy atom. The Labute approximate surface area is 146 Å². The topological polar surface area (TPSA) is 59.0 Å². The molecule has 1 atom stereocenters. The van der Waals surface area contributed by atoms with E-state index in [1.807, 2.05) is 35.2 Å². The average molecular weight is 330 g/mol. The second-order valence-electron chi connectivity index (χ2n) is 6.10. The molecule has 1 fully saturated rings. The number of carbonyl (C=O) groups excluding carboxylic acids is 1. The molecule has 5 nitrogen and oxygen atoms in total. The van der Waals surface area contributed by atoms with Crippen molar-refractivity contribution in [1.29, 1.82) is 0 Å². The van der Waals surface area contributed by atoms with E-state index in [4.69, 9.17) is 0 Å². The van der Waals surface area contributed by atoms with Crippen LogP contribution in [0.25, 0.3) is 11.4 Å². The number of hydrogen-bond donors (Lipinski definition) is 0. The van der Waals surface area contributed by atoms with E-state index in [0.29, 0.717) is 11.4 Å². The summed E-state index contributed by atoms with van der Waals surface area (Å²) in [5, 5.41) is 0. The lowest BCUT2D eigenvalue weighted by Gasteiger charge is -2.25. The van der Waals surface area contributed by atoms with Crippen LogP contribution in [0.3, 0.4) is 0 Å². The number of aromatic nitrogens is 3. The predicted molar refractivity (Wildman–Crippen MR) is 94.7 cm³/mol. The van der Waals surface area contributed by atoms with Gasteiger partial charge < -0.3 is 4.90 Å². The third-order valence-corrected chi connectivity index (χ3v) is 4.54. The average Bonchev–Trinajstić information content (AvgIpc) is 3.19. The molecule has 0 unspecified atom stereocenters. The van der Waals surface area contributed by atoms with Crippen molar-refractivity contribution < 1.29 is 4.79 Å². The number of nitrogens with zero attached hydrogens (tertiary/aromatic N) is 4. The molecule has 1 aliphatic rings. The zero-order valence-electron chi connectivity index (χ0n) is 13.7. The summed E-state index contributed by atoms with van der Waals surface area (Å²) in [4.78, 5) is 27.5. The highest BCUT2D eigenvalue weighted by Crippen LogP contribution is 2.32. The van der Waals surface area contributed by atoms with Crippen LogP contribution in [0.2, 0.25) is 0 Å². The Bertz CT molecular complexity index is 850. The third kappa shape index (κ3) is 3.13. The first kappa shape index (κ1) is 15.4. The predicted octanol–water partition coefficient (Wildman–Crippen LogP) is 3.52. The van der Waals surface area contributed by atoms with E-state index in [9.17, 15) is 4.79 Å². The van der Waals surface area contributed by atoms with Crippen LogP contribution in [-0.4, -0.2) is 32.3 Å². The summed E-state index contributed by atoms with van der Waals surface area (Å²) in [6, 6.07) is 14.0. The lowest BCUT2D eigenvalue weighted by Crippen LogP contribution is -2.30. The van der Waals surface area contributed by atoms with E-state index in [1.165, 1.54) is 5.56 Å². The Hall–Kier alpha value is -3.08. The largest absolute Gasteiger partial charge is 0.332 e. The van der Waals surface area contributed by atoms with Crippen LogP contribution in [0.1, 0.15) is 34.8 Å². The van der Waals surface area contributed by atoms with Gasteiger partial charge in [0.25, 0.3) is 5.91 Å². The normalized spacial score (nSPS) is 16.8. The monoisotopic (exact) mass is 330 g/mol. The van der Waals surface area contributed by atoms with Crippen LogP contribution in [-0.2, 0) is 0 Å². The third-order valence-electron chi connectivity index (χ3n) is 4.54. The van der Waals surface area contributed by atoms with Crippen molar-refractivity contribution in [3.8, 4) is 11.4 Å². The number of rotatable bonds is 3. The number of carbonyl (C=O) groups is 1. The molecule has 4 rings (SSSR count). The van der Waals surface area contributed by atoms with Gasteiger partial charge in [0.1, 0.15) is 0 Å². The summed E-state index contributed by atoms with van der Waals surface area (Å²) >= 11 is 0. The fourth-order valence-electron chi connectivity index (χ4n) is 3.29. The lowest BCUT2D eigenvalue weighted by atomic mass is 10.0. The molecular weight excluding hydrogens is 312 g/mol. The van der Waals surface area contributed by atoms with Crippen LogP contribution in [0, 0.1) is 0 Å². The Balaban J connectivity index is 1.56. The second kappa shape index (κ2) is 6.81. The van der Waals surface area contributed by atoms with Crippen molar-refractivity contribution in [2.24, 2.45) is 0 Å². The molecule has 5 heteroatoms. The molecule has 1 amide bonds. The molecule has 0 spiro atoms. The molecule has 3 heterocycles. The summed E-state index contributed by atoms with van der Waals surface area (Å²) in [6.07, 6.45) is 8.64. The van der Waals surface area contributed by atoms with Gasteiger partial charge in [-0.15, -0.1) is 0 Å². The molecule has 0 N–H and O–H groups in total. The fraction of sp³-hybridized carbons (Fsp3) is 0.200. The minimum atomic E-state index is -0.00682. The highest BCUT2D eigenvalue weighted by atomic mass is 16.2. The molecule has 0 aliphatic carbocycles. The minimum absolute atomic E-state index is 0.00682. The first-order valence-corrected chi connectivity index (χ1v) is 8.41. The Morgan fingerprint density at radius 1 is 1.00 bits per heavy atom. The maximum Gasteiger partial charge on any atom is 0.257 e. The molecule has 2 aromatic heterocycles. The zero-order valence-corrected chi connectivity index (χ0v) is 13.7. The number of hydrogen-bond acceptors (Lipinski definition) is 4. The highest BCUT2D eigenvalue weighted by Gasteiger charge is 2.30. The van der Waals surface area contributed by atoms with E-state index >= 15 is 0 Å². The Morgan fingerprint density at radius 2 is 1.72 bits per heavy atom. The quantitative estimate of drug-likeness (QED) is 0.737. The van der Waals surface area contributed by atoms with Crippen molar-refractivity contribution in [1.82, 2.24) is 19.9 Å².